The van der Waals surface area contributed by atoms with Crippen molar-refractivity contribution in [2.75, 3.05) is 0 Å². The van der Waals surface area contributed by atoms with Gasteiger partial charge in [0.05, 0.1) is 0 Å². The molecule has 7 heteroatoms. The van der Waals surface area contributed by atoms with Gasteiger partial charge >= 0.3 is 34.2 Å². The maximum atomic E-state index is 9.03. The summed E-state index contributed by atoms with van der Waals surface area (Å²) in [7, 11) is 6.16. The van der Waals surface area contributed by atoms with E-state index in [1.165, 1.54) is 12.2 Å². The van der Waals surface area contributed by atoms with Crippen LogP contribution in [0.4, 0.5) is 0 Å². The van der Waals surface area contributed by atoms with E-state index in [4.69, 9.17) is 11.8 Å². The molecule has 14 heavy (non-hydrogen) atoms. The normalized spacial score (nSPS) is 10.6. The Labute approximate surface area is 89.0 Å². The second kappa shape index (κ2) is 6.15. The topological polar surface area (TPSA) is 72.2 Å². The molecular weight excluding hydrogens is 248 g/mol. The van der Waals surface area contributed by atoms with E-state index in [1.54, 1.807) is 0 Å². The molecule has 1 aromatic rings. The van der Waals surface area contributed by atoms with Gasteiger partial charge in [-0.15, -0.1) is 0 Å². The van der Waals surface area contributed by atoms with Gasteiger partial charge in [0, 0.05) is 25.9 Å². The zero-order valence-corrected chi connectivity index (χ0v) is 10.0. The third-order valence-electron chi connectivity index (χ3n) is 1.39. The van der Waals surface area contributed by atoms with Crippen LogP contribution in [-0.4, -0.2) is 13.7 Å². The number of imidazole rings is 1. The third kappa shape index (κ3) is 8.20. The summed E-state index contributed by atoms with van der Waals surface area (Å²) < 4.78 is 27.4. The van der Waals surface area contributed by atoms with E-state index >= 15 is 0 Å². The van der Waals surface area contributed by atoms with Crippen molar-refractivity contribution in [1.82, 2.24) is 9.55 Å². The van der Waals surface area contributed by atoms with Gasteiger partial charge in [0.2, 0.25) is 0 Å². The van der Waals surface area contributed by atoms with E-state index in [0.29, 0.717) is 0 Å². The van der Waals surface area contributed by atoms with Crippen molar-refractivity contribution >= 4 is 10.0 Å². The Morgan fingerprint density at radius 1 is 1.64 bits per heavy atom. The van der Waals surface area contributed by atoms with Gasteiger partial charge in [-0.3, -0.25) is 0 Å². The maximum absolute atomic E-state index is 9.03. The van der Waals surface area contributed by atoms with Gasteiger partial charge in [0.15, 0.2) is 0 Å². The molecule has 0 aliphatic carbocycles. The van der Waals surface area contributed by atoms with Crippen molar-refractivity contribution in [3.8, 4) is 0 Å². The molecule has 82 valence electrons. The second-order valence-corrected chi connectivity index (χ2v) is 5.51. The summed E-state index contributed by atoms with van der Waals surface area (Å²) in [6.45, 7) is 2.16. The Balaban J connectivity index is 0.000000292. The Kier molecular flexibility index (Phi) is 5.97. The van der Waals surface area contributed by atoms with Crippen LogP contribution in [0.15, 0.2) is 12.4 Å². The van der Waals surface area contributed by atoms with Gasteiger partial charge in [-0.25, -0.2) is 4.98 Å². The summed E-state index contributed by atoms with van der Waals surface area (Å²) in [4.78, 5) is 4.17. The predicted molar refractivity (Wildman–Crippen MR) is 46.6 cm³/mol. The van der Waals surface area contributed by atoms with Crippen LogP contribution in [0.5, 0.6) is 0 Å². The summed E-state index contributed by atoms with van der Waals surface area (Å²) in [5.74, 6) is 1.18. The van der Waals surface area contributed by atoms with Gasteiger partial charge in [0.1, 0.15) is 5.82 Å². The first-order valence-corrected chi connectivity index (χ1v) is 7.34. The third-order valence-corrected chi connectivity index (χ3v) is 1.39. The average Bonchev–Trinajstić information content (AvgIpc) is 2.34. The summed E-state index contributed by atoms with van der Waals surface area (Å²) in [6.07, 6.45) is 6.07. The Morgan fingerprint density at radius 2 is 2.14 bits per heavy atom. The van der Waals surface area contributed by atoms with E-state index in [9.17, 15) is 0 Å². The van der Waals surface area contributed by atoms with E-state index in [2.05, 4.69) is 26.5 Å². The van der Waals surface area contributed by atoms with Crippen LogP contribution >= 0.6 is 10.0 Å². The Hall–Kier alpha value is -0.408. The summed E-state index contributed by atoms with van der Waals surface area (Å²) >= 11 is -4.78. The number of nitrogens with zero attached hydrogens (tertiary/aromatic N) is 2. The van der Waals surface area contributed by atoms with Crippen molar-refractivity contribution < 1.29 is 24.1 Å². The molecule has 0 radical (unpaired) electrons. The van der Waals surface area contributed by atoms with Gasteiger partial charge in [-0.05, 0) is 6.42 Å². The molecule has 0 bridgehead atoms. The van der Waals surface area contributed by atoms with Crippen molar-refractivity contribution in [2.24, 2.45) is 7.05 Å². The number of hydrogen-bond donors (Lipinski definition) is 1. The van der Waals surface area contributed by atoms with Gasteiger partial charge in [-0.1, -0.05) is 6.92 Å². The fourth-order valence-electron chi connectivity index (χ4n) is 0.861. The van der Waals surface area contributed by atoms with Crippen LogP contribution < -0.4 is 0 Å². The summed E-state index contributed by atoms with van der Waals surface area (Å²) in [5, 5.41) is 0. The molecule has 0 saturated carbocycles. The van der Waals surface area contributed by atoms with Crippen LogP contribution in [0.2, 0.25) is 0 Å². The molecule has 1 rings (SSSR count). The minimum atomic E-state index is -4.78. The molecule has 0 aromatic carbocycles. The molecule has 1 N–H and O–H groups in total. The van der Waals surface area contributed by atoms with Crippen molar-refractivity contribution in [3.05, 3.63) is 18.2 Å². The first-order valence-electron chi connectivity index (χ1n) is 3.98. The Morgan fingerprint density at radius 3 is 2.43 bits per heavy atom. The quantitative estimate of drug-likeness (QED) is 0.869. The predicted octanol–water partition coefficient (Wildman–Crippen LogP) is 1.26. The van der Waals surface area contributed by atoms with E-state index < -0.39 is 12.4 Å². The van der Waals surface area contributed by atoms with E-state index in [-0.39, 0.29) is 0 Å². The molecule has 1 aromatic heterocycles. The number of hydrogen-bond acceptors (Lipinski definition) is 3. The van der Waals surface area contributed by atoms with Gasteiger partial charge in [0.25, 0.3) is 0 Å². The molecule has 0 aliphatic rings. The molecule has 0 atom stereocenters. The van der Waals surface area contributed by atoms with Crippen LogP contribution in [0, 0.1) is 0 Å². The number of halogens is 1. The monoisotopic (exact) mass is 260 g/mol. The molecule has 5 nitrogen and oxygen atoms in total. The molecule has 0 spiro atoms. The molecule has 0 unspecified atom stereocenters. The minimum absolute atomic E-state index is 1.09. The summed E-state index contributed by atoms with van der Waals surface area (Å²) in [5.41, 5.74) is 0. The standard InChI is InChI=1S/C7H12N2.ClH.Cr.H2O.2O/c1-3-4-7-8-5-6-9(7)2;;;;;/h5-6H,3-4H2,1-2H3;1H;;1H2;;/q;;+2;;;/p-2. The average molecular weight is 261 g/mol. The van der Waals surface area contributed by atoms with Crippen LogP contribution in [0.3, 0.4) is 0 Å². The van der Waals surface area contributed by atoms with Gasteiger partial charge < -0.3 is 4.57 Å². The fraction of sp³-hybridized carbons (Fsp3) is 0.571. The molecule has 0 saturated heterocycles. The van der Waals surface area contributed by atoms with E-state index in [0.717, 1.165) is 6.42 Å². The number of rotatable bonds is 2. The zero-order valence-electron chi connectivity index (χ0n) is 8.01. The zero-order chi connectivity index (χ0) is 11.2. The van der Waals surface area contributed by atoms with Crippen molar-refractivity contribution in [1.29, 1.82) is 0 Å². The first-order chi connectivity index (χ1) is 6.34. The number of aryl methyl sites for hydroxylation is 2. The molecule has 1 heterocycles. The van der Waals surface area contributed by atoms with Crippen LogP contribution in [0.1, 0.15) is 19.2 Å². The second-order valence-electron chi connectivity index (χ2n) is 2.62. The Bertz CT molecular complexity index is 353. The molecule has 0 amide bonds. The number of aromatic nitrogens is 2. The van der Waals surface area contributed by atoms with E-state index in [1.807, 2.05) is 19.4 Å². The van der Waals surface area contributed by atoms with Crippen molar-refractivity contribution in [2.45, 2.75) is 19.8 Å². The fourth-order valence-corrected chi connectivity index (χ4v) is 0.861. The van der Waals surface area contributed by atoms with Crippen LogP contribution in [0.25, 0.3) is 0 Å². The van der Waals surface area contributed by atoms with Crippen molar-refractivity contribution in [3.63, 3.8) is 0 Å². The molecule has 0 aliphatic heterocycles. The SMILES string of the molecule is CCCc1nccn1C.[O]=[Cr](=[O])([OH])[Cl]. The first kappa shape index (κ1) is 13.6. The molecular formula is C7H13ClCrN2O3. The van der Waals surface area contributed by atoms with Crippen LogP contribution in [-0.2, 0) is 33.4 Å². The molecule has 0 fully saturated rings. The summed E-state index contributed by atoms with van der Waals surface area (Å²) in [6, 6.07) is 0. The van der Waals surface area contributed by atoms with Gasteiger partial charge in [-0.2, -0.15) is 0 Å².